The van der Waals surface area contributed by atoms with E-state index in [-0.39, 0.29) is 24.6 Å². The fourth-order valence-electron chi connectivity index (χ4n) is 2.15. The Morgan fingerprint density at radius 1 is 1.29 bits per heavy atom. The van der Waals surface area contributed by atoms with E-state index in [9.17, 15) is 9.59 Å². The summed E-state index contributed by atoms with van der Waals surface area (Å²) in [7, 11) is 0. The van der Waals surface area contributed by atoms with E-state index in [2.05, 4.69) is 0 Å². The second-order valence-electron chi connectivity index (χ2n) is 6.04. The van der Waals surface area contributed by atoms with Gasteiger partial charge in [-0.3, -0.25) is 4.79 Å². The van der Waals surface area contributed by atoms with Gasteiger partial charge in [0.2, 0.25) is 5.91 Å². The van der Waals surface area contributed by atoms with Crippen molar-refractivity contribution in [1.29, 1.82) is 0 Å². The first kappa shape index (κ1) is 17.7. The van der Waals surface area contributed by atoms with Crippen LogP contribution in [0.15, 0.2) is 0 Å². The maximum Gasteiger partial charge on any atom is 0.410 e. The van der Waals surface area contributed by atoms with Crippen molar-refractivity contribution < 1.29 is 19.1 Å². The lowest BCUT2D eigenvalue weighted by Crippen LogP contribution is -2.60. The quantitative estimate of drug-likeness (QED) is 0.814. The van der Waals surface area contributed by atoms with E-state index >= 15 is 0 Å². The van der Waals surface area contributed by atoms with Crippen LogP contribution in [0, 0.1) is 0 Å². The molecule has 21 heavy (non-hydrogen) atoms. The van der Waals surface area contributed by atoms with E-state index in [1.165, 1.54) is 0 Å². The maximum atomic E-state index is 12.1. The molecule has 1 heterocycles. The number of nitrogens with zero attached hydrogens (tertiary/aromatic N) is 2. The Kier molecular flexibility index (Phi) is 6.42. The monoisotopic (exact) mass is 301 g/mol. The van der Waals surface area contributed by atoms with Crippen LogP contribution in [0.2, 0.25) is 0 Å². The van der Waals surface area contributed by atoms with Crippen molar-refractivity contribution in [3.8, 4) is 0 Å². The molecule has 0 aromatic heterocycles. The molecule has 1 saturated heterocycles. The fourth-order valence-corrected chi connectivity index (χ4v) is 2.15. The lowest BCUT2D eigenvalue weighted by Gasteiger charge is -2.41. The summed E-state index contributed by atoms with van der Waals surface area (Å²) in [5, 5.41) is 0. The average Bonchev–Trinajstić information content (AvgIpc) is 2.42. The third-order valence-electron chi connectivity index (χ3n) is 3.16. The summed E-state index contributed by atoms with van der Waals surface area (Å²) < 4.78 is 10.5. The molecule has 0 aromatic carbocycles. The topological polar surface area (TPSA) is 85.1 Å². The molecule has 1 unspecified atom stereocenters. The maximum absolute atomic E-state index is 12.1. The first-order chi connectivity index (χ1) is 9.78. The summed E-state index contributed by atoms with van der Waals surface area (Å²) in [5.41, 5.74) is 5.21. The molecule has 1 rings (SSSR count). The number of rotatable bonds is 4. The van der Waals surface area contributed by atoms with E-state index < -0.39 is 5.60 Å². The van der Waals surface area contributed by atoms with Gasteiger partial charge in [0.25, 0.3) is 0 Å². The van der Waals surface area contributed by atoms with Crippen LogP contribution in [0.5, 0.6) is 0 Å². The summed E-state index contributed by atoms with van der Waals surface area (Å²) in [6.45, 7) is 9.47. The Bertz CT molecular complexity index is 368. The van der Waals surface area contributed by atoms with Crippen LogP contribution in [0.3, 0.4) is 0 Å². The highest BCUT2D eigenvalue weighted by atomic mass is 16.6. The van der Waals surface area contributed by atoms with Crippen molar-refractivity contribution in [2.45, 2.75) is 39.3 Å². The molecule has 0 aliphatic carbocycles. The normalized spacial score (nSPS) is 19.6. The van der Waals surface area contributed by atoms with Crippen molar-refractivity contribution in [2.24, 2.45) is 5.73 Å². The predicted molar refractivity (Wildman–Crippen MR) is 78.9 cm³/mol. The number of hydrogen-bond donors (Lipinski definition) is 1. The van der Waals surface area contributed by atoms with Gasteiger partial charge in [-0.1, -0.05) is 0 Å². The minimum atomic E-state index is -0.531. The zero-order chi connectivity index (χ0) is 16.0. The van der Waals surface area contributed by atoms with Crippen LogP contribution in [0.4, 0.5) is 4.79 Å². The number of carbonyl (C=O) groups is 2. The van der Waals surface area contributed by atoms with Crippen molar-refractivity contribution in [3.63, 3.8) is 0 Å². The van der Waals surface area contributed by atoms with Crippen molar-refractivity contribution in [3.05, 3.63) is 0 Å². The molecule has 1 atom stereocenters. The number of hydrogen-bond acceptors (Lipinski definition) is 5. The smallest absolute Gasteiger partial charge is 0.410 e. The highest BCUT2D eigenvalue weighted by Gasteiger charge is 2.33. The highest BCUT2D eigenvalue weighted by molar-refractivity contribution is 5.78. The van der Waals surface area contributed by atoms with Crippen molar-refractivity contribution in [2.75, 3.05) is 39.4 Å². The standard InChI is InChI=1S/C14H27N3O4/c1-5-20-10-12(18)17-7-6-16(9-11(17)8-15)13(19)21-14(2,3)4/h11H,5-10,15H2,1-4H3. The molecule has 0 bridgehead atoms. The van der Waals surface area contributed by atoms with Gasteiger partial charge in [0.1, 0.15) is 12.2 Å². The second kappa shape index (κ2) is 7.61. The lowest BCUT2D eigenvalue weighted by atomic mass is 10.1. The first-order valence-electron chi connectivity index (χ1n) is 7.33. The number of carbonyl (C=O) groups excluding carboxylic acids is 2. The minimum Gasteiger partial charge on any atom is -0.444 e. The first-order valence-corrected chi connectivity index (χ1v) is 7.33. The molecule has 7 nitrogen and oxygen atoms in total. The molecular formula is C14H27N3O4. The molecule has 122 valence electrons. The molecule has 1 fully saturated rings. The number of nitrogens with two attached hydrogens (primary N) is 1. The fraction of sp³-hybridized carbons (Fsp3) is 0.857. The van der Waals surface area contributed by atoms with Crippen LogP contribution in [-0.4, -0.2) is 72.8 Å². The van der Waals surface area contributed by atoms with Crippen LogP contribution in [0.25, 0.3) is 0 Å². The summed E-state index contributed by atoms with van der Waals surface area (Å²) in [6.07, 6.45) is -0.363. The van der Waals surface area contributed by atoms with Crippen LogP contribution >= 0.6 is 0 Å². The largest absolute Gasteiger partial charge is 0.444 e. The summed E-state index contributed by atoms with van der Waals surface area (Å²) in [5.74, 6) is -0.0869. The summed E-state index contributed by atoms with van der Waals surface area (Å²) >= 11 is 0. The minimum absolute atomic E-state index is 0.0550. The molecule has 7 heteroatoms. The predicted octanol–water partition coefficient (Wildman–Crippen LogP) is 0.430. The molecule has 1 aliphatic heterocycles. The number of ether oxygens (including phenoxy) is 2. The molecule has 0 saturated carbocycles. The molecule has 0 radical (unpaired) electrons. The third-order valence-corrected chi connectivity index (χ3v) is 3.16. The van der Waals surface area contributed by atoms with Gasteiger partial charge in [-0.15, -0.1) is 0 Å². The van der Waals surface area contributed by atoms with Gasteiger partial charge in [0.05, 0.1) is 6.04 Å². The Morgan fingerprint density at radius 3 is 2.48 bits per heavy atom. The van der Waals surface area contributed by atoms with Crippen molar-refractivity contribution >= 4 is 12.0 Å². The molecule has 2 amide bonds. The van der Waals surface area contributed by atoms with Crippen LogP contribution in [-0.2, 0) is 14.3 Å². The van der Waals surface area contributed by atoms with Gasteiger partial charge >= 0.3 is 6.09 Å². The zero-order valence-electron chi connectivity index (χ0n) is 13.4. The zero-order valence-corrected chi connectivity index (χ0v) is 13.4. The Labute approximate surface area is 126 Å². The average molecular weight is 301 g/mol. The van der Waals surface area contributed by atoms with Gasteiger partial charge < -0.3 is 25.0 Å². The molecule has 2 N–H and O–H groups in total. The molecule has 0 spiro atoms. The van der Waals surface area contributed by atoms with Gasteiger partial charge in [-0.05, 0) is 27.7 Å². The van der Waals surface area contributed by atoms with E-state index in [0.717, 1.165) is 0 Å². The summed E-state index contributed by atoms with van der Waals surface area (Å²) in [6, 6.07) is -0.195. The van der Waals surface area contributed by atoms with Crippen LogP contribution in [0.1, 0.15) is 27.7 Å². The number of piperazine rings is 1. The Morgan fingerprint density at radius 2 is 1.95 bits per heavy atom. The van der Waals surface area contributed by atoms with E-state index in [1.807, 2.05) is 27.7 Å². The van der Waals surface area contributed by atoms with E-state index in [1.54, 1.807) is 9.80 Å². The van der Waals surface area contributed by atoms with Gasteiger partial charge in [0.15, 0.2) is 0 Å². The van der Waals surface area contributed by atoms with Crippen molar-refractivity contribution in [1.82, 2.24) is 9.80 Å². The SMILES string of the molecule is CCOCC(=O)N1CCN(C(=O)OC(C)(C)C)CC1CN. The van der Waals surface area contributed by atoms with Gasteiger partial charge in [-0.2, -0.15) is 0 Å². The second-order valence-corrected chi connectivity index (χ2v) is 6.04. The van der Waals surface area contributed by atoms with Gasteiger partial charge in [-0.25, -0.2) is 4.79 Å². The lowest BCUT2D eigenvalue weighted by molar-refractivity contribution is -0.140. The molecule has 1 aliphatic rings. The Balaban J connectivity index is 2.60. The highest BCUT2D eigenvalue weighted by Crippen LogP contribution is 2.15. The molecule has 0 aromatic rings. The van der Waals surface area contributed by atoms with E-state index in [4.69, 9.17) is 15.2 Å². The van der Waals surface area contributed by atoms with E-state index in [0.29, 0.717) is 32.8 Å². The van der Waals surface area contributed by atoms with Gasteiger partial charge in [0, 0.05) is 32.8 Å². The third kappa shape index (κ3) is 5.51. The molecular weight excluding hydrogens is 274 g/mol. The Hall–Kier alpha value is -1.34. The summed E-state index contributed by atoms with van der Waals surface area (Å²) in [4.78, 5) is 27.4. The van der Waals surface area contributed by atoms with Crippen LogP contribution < -0.4 is 5.73 Å². The number of amides is 2.